The highest BCUT2D eigenvalue weighted by atomic mass is 79.9. The van der Waals surface area contributed by atoms with Gasteiger partial charge in [-0.3, -0.25) is 4.98 Å². The smallest absolute Gasteiger partial charge is 0.0774 e. The van der Waals surface area contributed by atoms with Crippen molar-refractivity contribution in [1.29, 1.82) is 0 Å². The SMILES string of the molecule is CCOCCN(C)c1c(N)cncc1Br. The van der Waals surface area contributed by atoms with Crippen molar-refractivity contribution in [1.82, 2.24) is 4.98 Å². The van der Waals surface area contributed by atoms with Crippen LogP contribution in [0.2, 0.25) is 0 Å². The van der Waals surface area contributed by atoms with Crippen LogP contribution in [0.15, 0.2) is 16.9 Å². The zero-order valence-electron chi connectivity index (χ0n) is 9.03. The van der Waals surface area contributed by atoms with Crippen LogP contribution in [0.5, 0.6) is 0 Å². The van der Waals surface area contributed by atoms with Crippen molar-refractivity contribution < 1.29 is 4.74 Å². The molecule has 0 aliphatic rings. The van der Waals surface area contributed by atoms with E-state index in [1.807, 2.05) is 14.0 Å². The summed E-state index contributed by atoms with van der Waals surface area (Å²) in [6, 6.07) is 0. The van der Waals surface area contributed by atoms with Gasteiger partial charge < -0.3 is 15.4 Å². The molecular formula is C10H16BrN3O. The lowest BCUT2D eigenvalue weighted by atomic mass is 10.3. The van der Waals surface area contributed by atoms with Gasteiger partial charge in [0.05, 0.1) is 28.7 Å². The zero-order chi connectivity index (χ0) is 11.3. The summed E-state index contributed by atoms with van der Waals surface area (Å²) < 4.78 is 6.20. The predicted molar refractivity (Wildman–Crippen MR) is 66.1 cm³/mol. The standard InChI is InChI=1S/C10H16BrN3O/c1-3-15-5-4-14(2)10-8(11)6-13-7-9(10)12/h6-7H,3-5,12H2,1-2H3. The van der Waals surface area contributed by atoms with E-state index >= 15 is 0 Å². The highest BCUT2D eigenvalue weighted by molar-refractivity contribution is 9.10. The van der Waals surface area contributed by atoms with Gasteiger partial charge in [0.25, 0.3) is 0 Å². The van der Waals surface area contributed by atoms with Gasteiger partial charge in [0.1, 0.15) is 0 Å². The molecule has 0 unspecified atom stereocenters. The second-order valence-electron chi connectivity index (χ2n) is 3.18. The first-order valence-corrected chi connectivity index (χ1v) is 5.64. The van der Waals surface area contributed by atoms with Gasteiger partial charge in [-0.25, -0.2) is 0 Å². The minimum atomic E-state index is 0.670. The number of nitrogens with zero attached hydrogens (tertiary/aromatic N) is 2. The molecule has 5 heteroatoms. The van der Waals surface area contributed by atoms with E-state index in [-0.39, 0.29) is 0 Å². The van der Waals surface area contributed by atoms with E-state index in [1.165, 1.54) is 0 Å². The topological polar surface area (TPSA) is 51.4 Å². The largest absolute Gasteiger partial charge is 0.396 e. The van der Waals surface area contributed by atoms with E-state index in [0.717, 1.165) is 23.3 Å². The van der Waals surface area contributed by atoms with Crippen molar-refractivity contribution in [3.05, 3.63) is 16.9 Å². The number of ether oxygens (including phenoxy) is 1. The molecule has 1 heterocycles. The number of pyridine rings is 1. The molecule has 0 saturated carbocycles. The fourth-order valence-corrected chi connectivity index (χ4v) is 1.95. The van der Waals surface area contributed by atoms with E-state index in [9.17, 15) is 0 Å². The Hall–Kier alpha value is -0.810. The molecule has 0 spiro atoms. The van der Waals surface area contributed by atoms with Crippen molar-refractivity contribution in [2.24, 2.45) is 0 Å². The molecule has 0 amide bonds. The van der Waals surface area contributed by atoms with Crippen molar-refractivity contribution in [2.75, 3.05) is 37.4 Å². The maximum Gasteiger partial charge on any atom is 0.0774 e. The number of halogens is 1. The van der Waals surface area contributed by atoms with Gasteiger partial charge in [-0.2, -0.15) is 0 Å². The molecule has 84 valence electrons. The van der Waals surface area contributed by atoms with E-state index < -0.39 is 0 Å². The van der Waals surface area contributed by atoms with Gasteiger partial charge >= 0.3 is 0 Å². The Morgan fingerprint density at radius 1 is 1.53 bits per heavy atom. The molecule has 2 N–H and O–H groups in total. The van der Waals surface area contributed by atoms with Crippen LogP contribution in [0.4, 0.5) is 11.4 Å². The first-order valence-electron chi connectivity index (χ1n) is 4.84. The number of nitrogen functional groups attached to an aromatic ring is 1. The van der Waals surface area contributed by atoms with E-state index in [4.69, 9.17) is 10.5 Å². The lowest BCUT2D eigenvalue weighted by Crippen LogP contribution is -2.24. The molecule has 0 fully saturated rings. The Balaban J connectivity index is 2.68. The monoisotopic (exact) mass is 273 g/mol. The maximum atomic E-state index is 5.85. The summed E-state index contributed by atoms with van der Waals surface area (Å²) in [5, 5.41) is 0. The number of anilines is 2. The summed E-state index contributed by atoms with van der Waals surface area (Å²) in [4.78, 5) is 6.05. The molecular weight excluding hydrogens is 258 g/mol. The van der Waals surface area contributed by atoms with Crippen molar-refractivity contribution in [3.8, 4) is 0 Å². The summed E-state index contributed by atoms with van der Waals surface area (Å²) >= 11 is 3.43. The fourth-order valence-electron chi connectivity index (χ4n) is 1.30. The number of hydrogen-bond donors (Lipinski definition) is 1. The second-order valence-corrected chi connectivity index (χ2v) is 4.03. The Morgan fingerprint density at radius 2 is 2.27 bits per heavy atom. The van der Waals surface area contributed by atoms with Crippen molar-refractivity contribution in [2.45, 2.75) is 6.92 Å². The summed E-state index contributed by atoms with van der Waals surface area (Å²) in [5.74, 6) is 0. The molecule has 15 heavy (non-hydrogen) atoms. The highest BCUT2D eigenvalue weighted by Crippen LogP contribution is 2.29. The van der Waals surface area contributed by atoms with Gasteiger partial charge in [0.15, 0.2) is 0 Å². The van der Waals surface area contributed by atoms with Crippen LogP contribution in [0.1, 0.15) is 6.92 Å². The van der Waals surface area contributed by atoms with Gasteiger partial charge in [-0.05, 0) is 22.9 Å². The summed E-state index contributed by atoms with van der Waals surface area (Å²) in [6.07, 6.45) is 3.39. The molecule has 0 atom stereocenters. The Labute approximate surface area is 98.6 Å². The first-order chi connectivity index (χ1) is 7.16. The Kier molecular flexibility index (Phi) is 4.84. The third-order valence-electron chi connectivity index (χ3n) is 2.06. The second kappa shape index (κ2) is 5.92. The highest BCUT2D eigenvalue weighted by Gasteiger charge is 2.09. The maximum absolute atomic E-state index is 5.85. The first kappa shape index (κ1) is 12.3. The third-order valence-corrected chi connectivity index (χ3v) is 2.64. The molecule has 0 aromatic carbocycles. The summed E-state index contributed by atoms with van der Waals surface area (Å²) in [6.45, 7) is 4.22. The van der Waals surface area contributed by atoms with Crippen LogP contribution in [-0.2, 0) is 4.74 Å². The van der Waals surface area contributed by atoms with E-state index in [1.54, 1.807) is 12.4 Å². The quantitative estimate of drug-likeness (QED) is 0.833. The van der Waals surface area contributed by atoms with Crippen molar-refractivity contribution >= 4 is 27.3 Å². The van der Waals surface area contributed by atoms with Crippen LogP contribution < -0.4 is 10.6 Å². The molecule has 1 aromatic rings. The number of rotatable bonds is 5. The van der Waals surface area contributed by atoms with E-state index in [0.29, 0.717) is 12.3 Å². The molecule has 1 aromatic heterocycles. The fraction of sp³-hybridized carbons (Fsp3) is 0.500. The predicted octanol–water partition coefficient (Wildman–Crippen LogP) is 1.90. The zero-order valence-corrected chi connectivity index (χ0v) is 10.6. The third kappa shape index (κ3) is 3.35. The average molecular weight is 274 g/mol. The molecule has 0 radical (unpaired) electrons. The lowest BCUT2D eigenvalue weighted by Gasteiger charge is -2.21. The molecule has 4 nitrogen and oxygen atoms in total. The number of aromatic nitrogens is 1. The minimum Gasteiger partial charge on any atom is -0.396 e. The van der Waals surface area contributed by atoms with E-state index in [2.05, 4.69) is 25.8 Å². The van der Waals surface area contributed by atoms with Crippen LogP contribution in [0, 0.1) is 0 Å². The lowest BCUT2D eigenvalue weighted by molar-refractivity contribution is 0.154. The van der Waals surface area contributed by atoms with Gasteiger partial charge in [-0.15, -0.1) is 0 Å². The summed E-state index contributed by atoms with van der Waals surface area (Å²) in [7, 11) is 1.98. The van der Waals surface area contributed by atoms with Crippen LogP contribution in [0.3, 0.4) is 0 Å². The molecule has 0 saturated heterocycles. The van der Waals surface area contributed by atoms with Crippen molar-refractivity contribution in [3.63, 3.8) is 0 Å². The molecule has 0 aliphatic carbocycles. The molecule has 1 rings (SSSR count). The molecule has 0 aliphatic heterocycles. The molecule has 0 bridgehead atoms. The van der Waals surface area contributed by atoms with Crippen LogP contribution >= 0.6 is 15.9 Å². The van der Waals surface area contributed by atoms with Gasteiger partial charge in [0.2, 0.25) is 0 Å². The van der Waals surface area contributed by atoms with Crippen LogP contribution in [-0.4, -0.2) is 31.8 Å². The number of hydrogen-bond acceptors (Lipinski definition) is 4. The average Bonchev–Trinajstić information content (AvgIpc) is 2.18. The minimum absolute atomic E-state index is 0.670. The van der Waals surface area contributed by atoms with Crippen LogP contribution in [0.25, 0.3) is 0 Å². The van der Waals surface area contributed by atoms with Gasteiger partial charge in [-0.1, -0.05) is 0 Å². The normalized spacial score (nSPS) is 10.3. The van der Waals surface area contributed by atoms with Gasteiger partial charge in [0, 0.05) is 26.4 Å². The Bertz CT molecular complexity index is 299. The summed E-state index contributed by atoms with van der Waals surface area (Å²) in [5.41, 5.74) is 7.48. The number of likely N-dealkylation sites (N-methyl/N-ethyl adjacent to an activating group) is 1. The Morgan fingerprint density at radius 3 is 2.87 bits per heavy atom. The number of nitrogens with two attached hydrogens (primary N) is 1.